The molecule has 5 nitrogen and oxygen atoms in total. The van der Waals surface area contributed by atoms with E-state index in [1.807, 2.05) is 48.6 Å². The quantitative estimate of drug-likeness (QED) is 0.439. The molecule has 1 amide bonds. The van der Waals surface area contributed by atoms with Crippen molar-refractivity contribution in [3.05, 3.63) is 95.1 Å². The van der Waals surface area contributed by atoms with E-state index in [-0.39, 0.29) is 5.92 Å². The molecule has 3 aromatic rings. The van der Waals surface area contributed by atoms with E-state index in [1.54, 1.807) is 12.1 Å². The van der Waals surface area contributed by atoms with Crippen LogP contribution in [0.25, 0.3) is 17.2 Å². The average molecular weight is 409 g/mol. The molecular weight excluding hydrogens is 386 g/mol. The Balaban J connectivity index is 1.27. The first-order valence-corrected chi connectivity index (χ1v) is 10.2. The van der Waals surface area contributed by atoms with E-state index >= 15 is 0 Å². The normalized spacial score (nSPS) is 12.2. The number of alkyl carbamates (subject to hydrolysis) is 1. The number of nitrogens with two attached hydrogens (primary N) is 1. The molecule has 3 aromatic carbocycles. The number of amides is 1. The Bertz CT molecular complexity index is 1130. The number of nitriles is 1. The van der Waals surface area contributed by atoms with Crippen LogP contribution in [0.1, 0.15) is 34.6 Å². The van der Waals surface area contributed by atoms with Crippen LogP contribution >= 0.6 is 0 Å². The maximum atomic E-state index is 12.2. The number of nitrogens with one attached hydrogen (secondary N) is 1. The second kappa shape index (κ2) is 9.19. The lowest BCUT2D eigenvalue weighted by Crippen LogP contribution is -2.26. The molecule has 0 saturated heterocycles. The molecule has 0 saturated carbocycles. The van der Waals surface area contributed by atoms with Gasteiger partial charge in [-0.25, -0.2) is 4.79 Å². The highest BCUT2D eigenvalue weighted by atomic mass is 16.5. The molecular formula is C26H23N3O2. The van der Waals surface area contributed by atoms with Gasteiger partial charge in [0, 0.05) is 12.5 Å². The van der Waals surface area contributed by atoms with Gasteiger partial charge in [0.15, 0.2) is 0 Å². The van der Waals surface area contributed by atoms with Gasteiger partial charge >= 0.3 is 6.09 Å². The summed E-state index contributed by atoms with van der Waals surface area (Å²) in [4.78, 5) is 12.2. The highest BCUT2D eigenvalue weighted by Crippen LogP contribution is 2.44. The second-order valence-electron chi connectivity index (χ2n) is 7.40. The standard InChI is InChI=1S/C26H23N3O2/c27-16-19-13-12-18(15-25(19)28)7-5-6-14-29-26(30)31-17-24-22-10-3-1-8-20(22)21-9-2-4-11-23(21)24/h1-5,7-13,15,24H,6,14,17,28H2,(H,29,30). The third-order valence-corrected chi connectivity index (χ3v) is 5.43. The fraction of sp³-hybridized carbons (Fsp3) is 0.154. The molecule has 0 radical (unpaired) electrons. The van der Waals surface area contributed by atoms with Crippen LogP contribution in [0, 0.1) is 11.3 Å². The van der Waals surface area contributed by atoms with Gasteiger partial charge in [-0.1, -0.05) is 66.7 Å². The topological polar surface area (TPSA) is 88.1 Å². The molecule has 0 unspecified atom stereocenters. The number of hydrogen-bond donors (Lipinski definition) is 2. The molecule has 0 heterocycles. The van der Waals surface area contributed by atoms with Gasteiger partial charge in [-0.15, -0.1) is 0 Å². The molecule has 0 aliphatic heterocycles. The number of fused-ring (bicyclic) bond motifs is 3. The Morgan fingerprint density at radius 2 is 1.74 bits per heavy atom. The van der Waals surface area contributed by atoms with Crippen molar-refractivity contribution in [2.75, 3.05) is 18.9 Å². The largest absolute Gasteiger partial charge is 0.449 e. The van der Waals surface area contributed by atoms with Gasteiger partial charge in [-0.3, -0.25) is 0 Å². The molecule has 31 heavy (non-hydrogen) atoms. The summed E-state index contributed by atoms with van der Waals surface area (Å²) in [7, 11) is 0. The van der Waals surface area contributed by atoms with Crippen molar-refractivity contribution in [1.82, 2.24) is 5.32 Å². The molecule has 0 bridgehead atoms. The van der Waals surface area contributed by atoms with Crippen LogP contribution in [-0.2, 0) is 4.74 Å². The fourth-order valence-electron chi connectivity index (χ4n) is 3.91. The number of benzene rings is 3. The van der Waals surface area contributed by atoms with Crippen molar-refractivity contribution in [2.24, 2.45) is 0 Å². The van der Waals surface area contributed by atoms with Crippen LogP contribution in [0.5, 0.6) is 0 Å². The molecule has 1 aliphatic rings. The van der Waals surface area contributed by atoms with E-state index in [4.69, 9.17) is 15.7 Å². The molecule has 0 atom stereocenters. The maximum absolute atomic E-state index is 12.2. The number of nitrogens with zero attached hydrogens (tertiary/aromatic N) is 1. The second-order valence-corrected chi connectivity index (χ2v) is 7.40. The van der Waals surface area contributed by atoms with E-state index in [9.17, 15) is 4.79 Å². The Hall–Kier alpha value is -4.04. The lowest BCUT2D eigenvalue weighted by molar-refractivity contribution is 0.143. The smallest absolute Gasteiger partial charge is 0.407 e. The highest BCUT2D eigenvalue weighted by Gasteiger charge is 2.28. The summed E-state index contributed by atoms with van der Waals surface area (Å²) >= 11 is 0. The number of carbonyl (C=O) groups excluding carboxylic acids is 1. The van der Waals surface area contributed by atoms with Gasteiger partial charge in [-0.05, 0) is 46.4 Å². The maximum Gasteiger partial charge on any atom is 0.407 e. The van der Waals surface area contributed by atoms with E-state index in [0.29, 0.717) is 30.8 Å². The van der Waals surface area contributed by atoms with E-state index in [0.717, 1.165) is 5.56 Å². The summed E-state index contributed by atoms with van der Waals surface area (Å²) in [5.41, 5.74) is 12.5. The highest BCUT2D eigenvalue weighted by molar-refractivity contribution is 5.79. The zero-order valence-electron chi connectivity index (χ0n) is 17.0. The zero-order chi connectivity index (χ0) is 21.6. The van der Waals surface area contributed by atoms with Crippen molar-refractivity contribution in [1.29, 1.82) is 5.26 Å². The van der Waals surface area contributed by atoms with Crippen LogP contribution in [0.4, 0.5) is 10.5 Å². The Labute approximate surface area is 181 Å². The van der Waals surface area contributed by atoms with E-state index in [2.05, 4.69) is 29.6 Å². The van der Waals surface area contributed by atoms with Gasteiger partial charge in [0.1, 0.15) is 12.7 Å². The summed E-state index contributed by atoms with van der Waals surface area (Å²) in [5, 5.41) is 11.7. The van der Waals surface area contributed by atoms with Gasteiger partial charge in [0.05, 0.1) is 11.3 Å². The predicted molar refractivity (Wildman–Crippen MR) is 122 cm³/mol. The lowest BCUT2D eigenvalue weighted by Gasteiger charge is -2.14. The number of carbonyl (C=O) groups is 1. The monoisotopic (exact) mass is 409 g/mol. The summed E-state index contributed by atoms with van der Waals surface area (Å²) in [5.74, 6) is 0.0555. The molecule has 0 fully saturated rings. The van der Waals surface area contributed by atoms with Gasteiger partial charge in [0.2, 0.25) is 0 Å². The molecule has 154 valence electrons. The van der Waals surface area contributed by atoms with Crippen molar-refractivity contribution >= 4 is 17.9 Å². The minimum Gasteiger partial charge on any atom is -0.449 e. The van der Waals surface area contributed by atoms with Crippen LogP contribution < -0.4 is 11.1 Å². The lowest BCUT2D eigenvalue weighted by atomic mass is 9.98. The third-order valence-electron chi connectivity index (χ3n) is 5.43. The fourth-order valence-corrected chi connectivity index (χ4v) is 3.91. The van der Waals surface area contributed by atoms with Gasteiger partial charge < -0.3 is 15.8 Å². The first kappa shape index (κ1) is 20.2. The summed E-state index contributed by atoms with van der Waals surface area (Å²) in [6.07, 6.45) is 4.10. The number of hydrogen-bond acceptors (Lipinski definition) is 4. The Morgan fingerprint density at radius 3 is 2.39 bits per heavy atom. The molecule has 5 heteroatoms. The minimum atomic E-state index is -0.419. The Morgan fingerprint density at radius 1 is 1.06 bits per heavy atom. The predicted octanol–water partition coefficient (Wildman–Crippen LogP) is 5.08. The molecule has 3 N–H and O–H groups in total. The SMILES string of the molecule is N#Cc1ccc(C=CCCNC(=O)OCC2c3ccccc3-c3ccccc32)cc1N. The summed E-state index contributed by atoms with van der Waals surface area (Å²) in [6.45, 7) is 0.777. The van der Waals surface area contributed by atoms with Gasteiger partial charge in [0.25, 0.3) is 0 Å². The van der Waals surface area contributed by atoms with Crippen LogP contribution in [0.15, 0.2) is 72.8 Å². The van der Waals surface area contributed by atoms with Crippen molar-refractivity contribution in [2.45, 2.75) is 12.3 Å². The zero-order valence-corrected chi connectivity index (χ0v) is 17.0. The van der Waals surface area contributed by atoms with Gasteiger partial charge in [-0.2, -0.15) is 5.26 Å². The number of ether oxygens (including phenoxy) is 1. The number of nitrogen functional groups attached to an aromatic ring is 1. The summed E-state index contributed by atoms with van der Waals surface area (Å²) in [6, 6.07) is 23.9. The van der Waals surface area contributed by atoms with Crippen molar-refractivity contribution in [3.63, 3.8) is 0 Å². The summed E-state index contributed by atoms with van der Waals surface area (Å²) < 4.78 is 5.52. The molecule has 0 aromatic heterocycles. The Kier molecular flexibility index (Phi) is 6.00. The third kappa shape index (κ3) is 4.44. The molecule has 4 rings (SSSR count). The van der Waals surface area contributed by atoms with Crippen LogP contribution in [0.3, 0.4) is 0 Å². The van der Waals surface area contributed by atoms with Crippen molar-refractivity contribution in [3.8, 4) is 17.2 Å². The number of anilines is 1. The average Bonchev–Trinajstić information content (AvgIpc) is 3.11. The van der Waals surface area contributed by atoms with E-state index in [1.165, 1.54) is 22.3 Å². The first-order chi connectivity index (χ1) is 15.2. The van der Waals surface area contributed by atoms with Crippen LogP contribution in [-0.4, -0.2) is 19.2 Å². The molecule has 1 aliphatic carbocycles. The minimum absolute atomic E-state index is 0.0555. The van der Waals surface area contributed by atoms with E-state index < -0.39 is 6.09 Å². The number of rotatable bonds is 6. The first-order valence-electron chi connectivity index (χ1n) is 10.2. The van der Waals surface area contributed by atoms with Crippen LogP contribution in [0.2, 0.25) is 0 Å². The molecule has 0 spiro atoms. The van der Waals surface area contributed by atoms with Crippen molar-refractivity contribution < 1.29 is 9.53 Å².